The molecule has 0 saturated carbocycles. The van der Waals surface area contributed by atoms with Gasteiger partial charge in [0.25, 0.3) is 0 Å². The van der Waals surface area contributed by atoms with Crippen molar-refractivity contribution in [3.63, 3.8) is 0 Å². The molecule has 0 N–H and O–H groups in total. The summed E-state index contributed by atoms with van der Waals surface area (Å²) in [5.41, 5.74) is 9.00. The predicted octanol–water partition coefficient (Wildman–Crippen LogP) is -4.02. The quantitative estimate of drug-likeness (QED) is 0.115. The van der Waals surface area contributed by atoms with Crippen LogP contribution < -0.4 is 72.2 Å². The van der Waals surface area contributed by atoms with Gasteiger partial charge < -0.3 is 51.4 Å². The molecule has 0 saturated heterocycles. The van der Waals surface area contributed by atoms with Crippen LogP contribution in [-0.2, 0) is 21.7 Å². The molecule has 0 heterocycles. The second kappa shape index (κ2) is 15.6. The third-order valence-corrected chi connectivity index (χ3v) is 12.9. The second-order valence-electron chi connectivity index (χ2n) is 10.3. The first-order valence-corrected chi connectivity index (χ1v) is 14.8. The molecular formula is C33H39Cl3O3SiTi. The van der Waals surface area contributed by atoms with Gasteiger partial charge in [-0.3, -0.25) is 0 Å². The molecule has 41 heavy (non-hydrogen) atoms. The number of methoxy groups -OCH3 is 3. The third-order valence-electron chi connectivity index (χ3n) is 7.97. The summed E-state index contributed by atoms with van der Waals surface area (Å²) < 4.78 is 17.5. The SMILES string of the molecule is COc1cc(C)cc([Si](c2cc(C)cc(OC)c2)(c2cc(C)cc(OC)c2)[c-]2c(C)c(C)c(C)c2C)c1.[Cl-].[Cl-].[Cl-].[Ti+4]. The number of hydrogen-bond donors (Lipinski definition) is 0. The van der Waals surface area contributed by atoms with Gasteiger partial charge in [0.05, 0.1) is 21.3 Å². The zero-order chi connectivity index (χ0) is 27.1. The Hall–Kier alpha value is -1.79. The van der Waals surface area contributed by atoms with E-state index in [9.17, 15) is 0 Å². The minimum absolute atomic E-state index is 0. The maximum Gasteiger partial charge on any atom is 4.00 e. The van der Waals surface area contributed by atoms with Gasteiger partial charge in [-0.1, -0.05) is 61.5 Å². The number of ether oxygens (including phenoxy) is 3. The fourth-order valence-corrected chi connectivity index (χ4v) is 11.7. The van der Waals surface area contributed by atoms with Crippen LogP contribution in [0.1, 0.15) is 38.9 Å². The smallest absolute Gasteiger partial charge is 1.00 e. The second-order valence-corrected chi connectivity index (χ2v) is 14.1. The van der Waals surface area contributed by atoms with Gasteiger partial charge in [-0.05, 0) is 73.9 Å². The van der Waals surface area contributed by atoms with Crippen LogP contribution >= 0.6 is 0 Å². The van der Waals surface area contributed by atoms with Crippen LogP contribution in [0.4, 0.5) is 0 Å². The van der Waals surface area contributed by atoms with E-state index in [1.165, 1.54) is 59.7 Å². The topological polar surface area (TPSA) is 27.7 Å². The van der Waals surface area contributed by atoms with E-state index in [1.807, 2.05) is 0 Å². The predicted molar refractivity (Wildman–Crippen MR) is 158 cm³/mol. The van der Waals surface area contributed by atoms with E-state index < -0.39 is 8.07 Å². The maximum atomic E-state index is 5.84. The van der Waals surface area contributed by atoms with Gasteiger partial charge in [0.1, 0.15) is 25.3 Å². The minimum atomic E-state index is -2.88. The first kappa shape index (κ1) is 39.2. The van der Waals surface area contributed by atoms with Crippen molar-refractivity contribution in [3.8, 4) is 17.2 Å². The standard InChI is InChI=1S/C33H39O3Si.3ClH.Ti/c1-20-11-27(34-8)17-30(14-20)37(31-15-21(2)12-28(18-31)35-9,32-16-22(3)13-29(19-32)36-10)33-25(6)23(4)24(5)26(33)7;;;;/h11-19H,1-10H3;3*1H;/q-1;;;;+4/p-3. The molecule has 0 fully saturated rings. The van der Waals surface area contributed by atoms with Crippen LogP contribution in [0.5, 0.6) is 17.2 Å². The van der Waals surface area contributed by atoms with E-state index in [1.54, 1.807) is 21.3 Å². The van der Waals surface area contributed by atoms with Gasteiger partial charge in [-0.25, -0.2) is 0 Å². The largest absolute Gasteiger partial charge is 4.00 e. The van der Waals surface area contributed by atoms with E-state index in [2.05, 4.69) is 103 Å². The van der Waals surface area contributed by atoms with Crippen molar-refractivity contribution in [2.75, 3.05) is 21.3 Å². The van der Waals surface area contributed by atoms with Gasteiger partial charge in [0, 0.05) is 0 Å². The fourth-order valence-electron chi connectivity index (χ4n) is 5.96. The molecule has 4 aromatic rings. The summed E-state index contributed by atoms with van der Waals surface area (Å²) >= 11 is 0. The number of hydrogen-bond acceptors (Lipinski definition) is 3. The Balaban J connectivity index is 0.00000400. The third kappa shape index (κ3) is 7.07. The number of benzene rings is 3. The van der Waals surface area contributed by atoms with E-state index in [0.29, 0.717) is 0 Å². The molecule has 0 aliphatic rings. The Bertz CT molecular complexity index is 1330. The van der Waals surface area contributed by atoms with Crippen molar-refractivity contribution in [1.82, 2.24) is 0 Å². The monoisotopic (exact) mass is 664 g/mol. The summed E-state index contributed by atoms with van der Waals surface area (Å²) in [4.78, 5) is 0. The molecule has 0 aromatic heterocycles. The fraction of sp³-hybridized carbons (Fsp3) is 0.303. The minimum Gasteiger partial charge on any atom is -1.00 e. The van der Waals surface area contributed by atoms with E-state index in [4.69, 9.17) is 14.2 Å². The molecule has 4 rings (SSSR count). The normalized spacial score (nSPS) is 10.4. The molecule has 4 aromatic carbocycles. The molecule has 0 unspecified atom stereocenters. The van der Waals surface area contributed by atoms with Gasteiger partial charge in [0.15, 0.2) is 0 Å². The maximum absolute atomic E-state index is 5.84. The summed E-state index contributed by atoms with van der Waals surface area (Å²) in [6.07, 6.45) is 0. The van der Waals surface area contributed by atoms with Crippen LogP contribution in [0.2, 0.25) is 0 Å². The van der Waals surface area contributed by atoms with Crippen LogP contribution in [0.15, 0.2) is 54.6 Å². The van der Waals surface area contributed by atoms with Crippen LogP contribution in [0.25, 0.3) is 0 Å². The average molecular weight is 666 g/mol. The van der Waals surface area contributed by atoms with Gasteiger partial charge in [-0.15, -0.1) is 5.19 Å². The molecule has 0 spiro atoms. The summed E-state index contributed by atoms with van der Waals surface area (Å²) in [5.74, 6) is 2.63. The summed E-state index contributed by atoms with van der Waals surface area (Å²) in [7, 11) is 2.37. The van der Waals surface area contributed by atoms with Crippen molar-refractivity contribution >= 4 is 28.8 Å². The molecule has 0 aliphatic carbocycles. The molecule has 0 radical (unpaired) electrons. The molecule has 3 nitrogen and oxygen atoms in total. The summed E-state index contributed by atoms with van der Waals surface area (Å²) in [5, 5.41) is 5.32. The first-order chi connectivity index (χ1) is 17.6. The number of aryl methyl sites for hydroxylation is 3. The Kier molecular flexibility index (Phi) is 14.9. The molecule has 8 heteroatoms. The molecule has 0 bridgehead atoms. The average Bonchev–Trinajstić information content (AvgIpc) is 3.06. The Morgan fingerprint density at radius 2 is 0.732 bits per heavy atom. The van der Waals surface area contributed by atoms with Crippen molar-refractivity contribution < 1.29 is 73.1 Å². The van der Waals surface area contributed by atoms with Crippen LogP contribution in [0.3, 0.4) is 0 Å². The summed E-state index contributed by atoms with van der Waals surface area (Å²) in [6, 6.07) is 20.1. The van der Waals surface area contributed by atoms with E-state index in [-0.39, 0.29) is 58.9 Å². The molecule has 218 valence electrons. The Morgan fingerprint density at radius 3 is 0.976 bits per heavy atom. The van der Waals surface area contributed by atoms with Crippen molar-refractivity contribution in [2.45, 2.75) is 48.5 Å². The van der Waals surface area contributed by atoms with E-state index >= 15 is 0 Å². The van der Waals surface area contributed by atoms with Gasteiger partial charge in [-0.2, -0.15) is 22.3 Å². The van der Waals surface area contributed by atoms with Crippen LogP contribution in [-0.4, -0.2) is 29.4 Å². The zero-order valence-corrected chi connectivity index (χ0v) is 30.4. The van der Waals surface area contributed by atoms with Crippen LogP contribution in [0, 0.1) is 48.5 Å². The van der Waals surface area contributed by atoms with Crippen molar-refractivity contribution in [1.29, 1.82) is 0 Å². The van der Waals surface area contributed by atoms with Crippen molar-refractivity contribution in [2.24, 2.45) is 0 Å². The molecule has 0 aliphatic heterocycles. The number of rotatable bonds is 7. The molecular weight excluding hydrogens is 627 g/mol. The molecule has 0 amide bonds. The van der Waals surface area contributed by atoms with Gasteiger partial charge in [0.2, 0.25) is 0 Å². The Morgan fingerprint density at radius 1 is 0.463 bits per heavy atom. The van der Waals surface area contributed by atoms with Gasteiger partial charge >= 0.3 is 21.7 Å². The molecule has 0 atom stereocenters. The summed E-state index contributed by atoms with van der Waals surface area (Å²) in [6.45, 7) is 15.6. The Labute approximate surface area is 280 Å². The number of halogens is 3. The van der Waals surface area contributed by atoms with Crippen molar-refractivity contribution in [3.05, 3.63) is 93.5 Å². The first-order valence-electron chi connectivity index (χ1n) is 12.8. The van der Waals surface area contributed by atoms with E-state index in [0.717, 1.165) is 17.2 Å². The zero-order valence-electron chi connectivity index (χ0n) is 25.6.